The van der Waals surface area contributed by atoms with Gasteiger partial charge in [0.15, 0.2) is 5.75 Å². The van der Waals surface area contributed by atoms with Gasteiger partial charge in [-0.1, -0.05) is 73.6 Å². The van der Waals surface area contributed by atoms with E-state index in [1.165, 1.54) is 36.2 Å². The molecule has 12 heteroatoms. The summed E-state index contributed by atoms with van der Waals surface area (Å²) >= 11 is 1.26. The van der Waals surface area contributed by atoms with Crippen molar-refractivity contribution in [2.75, 3.05) is 25.5 Å². The fraction of sp³-hybridized carbons (Fsp3) is 0.385. The number of H-pyrrole nitrogens is 1. The number of methoxy groups -OCH3 is 1. The van der Waals surface area contributed by atoms with Crippen molar-refractivity contribution < 1.29 is 24.0 Å². The third-order valence-electron chi connectivity index (χ3n) is 8.54. The van der Waals surface area contributed by atoms with Crippen molar-refractivity contribution in [2.45, 2.75) is 64.8 Å². The largest absolute Gasteiger partial charge is 0.497 e. The van der Waals surface area contributed by atoms with E-state index in [-0.39, 0.29) is 29.1 Å². The van der Waals surface area contributed by atoms with E-state index in [9.17, 15) is 19.2 Å². The maximum absolute atomic E-state index is 12.1. The van der Waals surface area contributed by atoms with Gasteiger partial charge in [0.1, 0.15) is 11.8 Å². The van der Waals surface area contributed by atoms with Crippen LogP contribution in [0.2, 0.25) is 0 Å². The normalized spacial score (nSPS) is 17.5. The summed E-state index contributed by atoms with van der Waals surface area (Å²) in [5.41, 5.74) is 10.8. The number of benzene rings is 3. The van der Waals surface area contributed by atoms with Crippen molar-refractivity contribution in [2.24, 2.45) is 17.6 Å². The molecule has 1 aliphatic carbocycles. The van der Waals surface area contributed by atoms with Crippen molar-refractivity contribution >= 4 is 45.0 Å². The van der Waals surface area contributed by atoms with Gasteiger partial charge in [0.05, 0.1) is 23.9 Å². The average Bonchev–Trinajstić information content (AvgIpc) is 3.55. The Morgan fingerprint density at radius 3 is 2.57 bits per heavy atom. The van der Waals surface area contributed by atoms with Gasteiger partial charge in [-0.15, -0.1) is 0 Å². The molecule has 3 aromatic carbocycles. The number of aryl methyl sites for hydroxylation is 1. The number of nitrogens with two attached hydrogens (primary N) is 1. The molecule has 2 aliphatic rings. The van der Waals surface area contributed by atoms with E-state index in [1.54, 1.807) is 12.0 Å². The van der Waals surface area contributed by atoms with Gasteiger partial charge in [-0.2, -0.15) is 5.48 Å². The Hall–Kier alpha value is -5.10. The summed E-state index contributed by atoms with van der Waals surface area (Å²) in [5, 5.41) is 3.03. The van der Waals surface area contributed by atoms with E-state index in [0.29, 0.717) is 24.6 Å². The second-order valence-electron chi connectivity index (χ2n) is 12.6. The van der Waals surface area contributed by atoms with E-state index in [2.05, 4.69) is 34.9 Å². The molecule has 3 unspecified atom stereocenters. The minimum atomic E-state index is -0.463. The van der Waals surface area contributed by atoms with Gasteiger partial charge in [-0.3, -0.25) is 19.2 Å². The standard InChI is InChI=1S/C17H23NO2.C14H19N3O3.C8H7NOS/c1-2-3-4-5-7-10-14-13-16(14)17(19)18-20-15-11-8-6-9-12-15;1-20-11-5-2-4-10(8-11)16-9-13(18)17-7-3-6-12(17)14(15)19;1-5-2-3-6-7(4-5)11-8(10)9-6/h6-12,14,16H,2-5,13H2,1H3,(H,18,19);2,4-5,8,12,16H,3,6-7,9H2,1H3,(H2,15,19);2-4H,1H3,(H,9,10)/b10-7-;;. The molecule has 272 valence electrons. The van der Waals surface area contributed by atoms with Gasteiger partial charge in [0.25, 0.3) is 5.91 Å². The summed E-state index contributed by atoms with van der Waals surface area (Å²) in [6.07, 6.45) is 11.7. The Labute approximate surface area is 303 Å². The number of nitrogens with one attached hydrogen (secondary N) is 3. The number of para-hydroxylation sites is 1. The fourth-order valence-corrected chi connectivity index (χ4v) is 6.45. The molecule has 2 fully saturated rings. The smallest absolute Gasteiger partial charge is 0.305 e. The minimum Gasteiger partial charge on any atom is -0.497 e. The third kappa shape index (κ3) is 12.6. The third-order valence-corrected chi connectivity index (χ3v) is 9.38. The molecule has 0 bridgehead atoms. The Kier molecular flexibility index (Phi) is 15.1. The van der Waals surface area contributed by atoms with Gasteiger partial charge in [0, 0.05) is 24.2 Å². The van der Waals surface area contributed by atoms with Gasteiger partial charge in [-0.25, -0.2) is 0 Å². The number of carbonyl (C=O) groups excluding carboxylic acids is 3. The summed E-state index contributed by atoms with van der Waals surface area (Å²) < 4.78 is 6.15. The molecular formula is C39H49N5O6S. The lowest BCUT2D eigenvalue weighted by Gasteiger charge is -2.22. The van der Waals surface area contributed by atoms with Gasteiger partial charge < -0.3 is 30.5 Å². The zero-order valence-electron chi connectivity index (χ0n) is 29.6. The highest BCUT2D eigenvalue weighted by Crippen LogP contribution is 2.40. The van der Waals surface area contributed by atoms with Crippen LogP contribution in [0.15, 0.2) is 89.7 Å². The first kappa shape index (κ1) is 38.7. The zero-order chi connectivity index (χ0) is 36.6. The molecule has 3 amide bonds. The molecule has 1 aromatic heterocycles. The number of nitrogens with zero attached hydrogens (tertiary/aromatic N) is 1. The Balaban J connectivity index is 0.000000179. The first-order chi connectivity index (χ1) is 24.7. The van der Waals surface area contributed by atoms with E-state index >= 15 is 0 Å². The highest BCUT2D eigenvalue weighted by molar-refractivity contribution is 7.16. The maximum Gasteiger partial charge on any atom is 0.305 e. The molecular weight excluding hydrogens is 667 g/mol. The Bertz CT molecular complexity index is 1810. The van der Waals surface area contributed by atoms with Gasteiger partial charge in [0.2, 0.25) is 11.8 Å². The van der Waals surface area contributed by atoms with Crippen molar-refractivity contribution in [3.05, 3.63) is 100 Å². The summed E-state index contributed by atoms with van der Waals surface area (Å²) in [5.74, 6) is 1.30. The van der Waals surface area contributed by atoms with Crippen LogP contribution in [0.4, 0.5) is 5.69 Å². The molecule has 51 heavy (non-hydrogen) atoms. The van der Waals surface area contributed by atoms with E-state index in [0.717, 1.165) is 40.9 Å². The second-order valence-corrected chi connectivity index (χ2v) is 13.6. The number of primary amides is 1. The van der Waals surface area contributed by atoms with Crippen LogP contribution in [0.5, 0.6) is 11.5 Å². The second kappa shape index (κ2) is 19.9. The number of anilines is 1. The predicted molar refractivity (Wildman–Crippen MR) is 203 cm³/mol. The summed E-state index contributed by atoms with van der Waals surface area (Å²) in [7, 11) is 1.59. The number of ether oxygens (including phenoxy) is 1. The predicted octanol–water partition coefficient (Wildman–Crippen LogP) is 6.35. The molecule has 2 heterocycles. The summed E-state index contributed by atoms with van der Waals surface area (Å²) in [4.78, 5) is 55.7. The number of unbranched alkanes of at least 4 members (excludes halogenated alkanes) is 3. The number of amides is 3. The number of hydrogen-bond acceptors (Lipinski definition) is 8. The molecule has 6 rings (SSSR count). The number of thiazole rings is 1. The van der Waals surface area contributed by atoms with Crippen LogP contribution in [0.1, 0.15) is 57.4 Å². The first-order valence-corrected chi connectivity index (χ1v) is 18.2. The van der Waals surface area contributed by atoms with Crippen LogP contribution in [0.3, 0.4) is 0 Å². The molecule has 1 saturated heterocycles. The number of rotatable bonds is 13. The molecule has 0 radical (unpaired) electrons. The molecule has 1 saturated carbocycles. The van der Waals surface area contributed by atoms with Crippen LogP contribution in [0.25, 0.3) is 10.2 Å². The molecule has 0 spiro atoms. The lowest BCUT2D eigenvalue weighted by Crippen LogP contribution is -2.45. The molecule has 3 atom stereocenters. The van der Waals surface area contributed by atoms with Crippen molar-refractivity contribution in [1.82, 2.24) is 15.4 Å². The SMILES string of the molecule is CCCCC/C=C\C1CC1C(=O)NOc1ccccc1.COc1cccc(NCC(=O)N2CCCC2C(N)=O)c1.Cc1ccc2[nH]c(=O)sc2c1. The first-order valence-electron chi connectivity index (χ1n) is 17.4. The van der Waals surface area contributed by atoms with Crippen LogP contribution in [-0.2, 0) is 14.4 Å². The number of carbonyl (C=O) groups is 3. The van der Waals surface area contributed by atoms with E-state index in [1.807, 2.05) is 79.7 Å². The average molecular weight is 716 g/mol. The molecule has 11 nitrogen and oxygen atoms in total. The van der Waals surface area contributed by atoms with E-state index in [4.69, 9.17) is 15.3 Å². The van der Waals surface area contributed by atoms with Crippen molar-refractivity contribution in [1.29, 1.82) is 0 Å². The lowest BCUT2D eigenvalue weighted by molar-refractivity contribution is -0.135. The summed E-state index contributed by atoms with van der Waals surface area (Å²) in [6, 6.07) is 22.1. The zero-order valence-corrected chi connectivity index (χ0v) is 30.4. The van der Waals surface area contributed by atoms with Crippen molar-refractivity contribution in [3.8, 4) is 11.5 Å². The van der Waals surface area contributed by atoms with Crippen LogP contribution in [0, 0.1) is 18.8 Å². The molecule has 4 aromatic rings. The number of hydrogen-bond donors (Lipinski definition) is 4. The number of aromatic nitrogens is 1. The highest BCUT2D eigenvalue weighted by atomic mass is 32.1. The molecule has 1 aliphatic heterocycles. The lowest BCUT2D eigenvalue weighted by atomic mass is 10.2. The monoisotopic (exact) mass is 715 g/mol. The number of aromatic amines is 1. The highest BCUT2D eigenvalue weighted by Gasteiger charge is 2.41. The number of fused-ring (bicyclic) bond motifs is 1. The van der Waals surface area contributed by atoms with Gasteiger partial charge in [-0.05, 0) is 86.9 Å². The van der Waals surface area contributed by atoms with Crippen LogP contribution < -0.4 is 31.0 Å². The van der Waals surface area contributed by atoms with Crippen LogP contribution >= 0.6 is 11.3 Å². The fourth-order valence-electron chi connectivity index (χ4n) is 5.61. The quantitative estimate of drug-likeness (QED) is 0.0714. The maximum atomic E-state index is 12.1. The minimum absolute atomic E-state index is 0.0166. The Morgan fingerprint density at radius 2 is 1.82 bits per heavy atom. The molecule has 5 N–H and O–H groups in total. The Morgan fingerprint density at radius 1 is 1.04 bits per heavy atom. The topological polar surface area (TPSA) is 156 Å². The number of hydroxylamine groups is 1. The van der Waals surface area contributed by atoms with Gasteiger partial charge >= 0.3 is 4.87 Å². The number of allylic oxidation sites excluding steroid dienone is 2. The summed E-state index contributed by atoms with van der Waals surface area (Å²) in [6.45, 7) is 4.95. The van der Waals surface area contributed by atoms with E-state index < -0.39 is 11.9 Å². The number of likely N-dealkylation sites (tertiary alicyclic amines) is 1. The van der Waals surface area contributed by atoms with Crippen LogP contribution in [-0.4, -0.2) is 53.8 Å². The van der Waals surface area contributed by atoms with Crippen molar-refractivity contribution in [3.63, 3.8) is 0 Å².